The summed E-state index contributed by atoms with van der Waals surface area (Å²) in [5, 5.41) is 11.5. The average Bonchev–Trinajstić information content (AvgIpc) is 2.82. The van der Waals surface area contributed by atoms with Gasteiger partial charge in [0.2, 0.25) is 11.0 Å². The number of hydrogen-bond donors (Lipinski definition) is 2. The lowest BCUT2D eigenvalue weighted by Crippen LogP contribution is -2.28. The lowest BCUT2D eigenvalue weighted by atomic mass is 10.1. The Labute approximate surface area is 129 Å². The molecule has 0 aliphatic carbocycles. The number of carbonyl (C=O) groups is 1. The van der Waals surface area contributed by atoms with Crippen LogP contribution in [0.15, 0.2) is 28.6 Å². The molecule has 0 fully saturated rings. The van der Waals surface area contributed by atoms with Gasteiger partial charge in [-0.15, -0.1) is 10.2 Å². The molecule has 1 aromatic heterocycles. The first-order valence-electron chi connectivity index (χ1n) is 5.81. The van der Waals surface area contributed by atoms with Gasteiger partial charge >= 0.3 is 0 Å². The summed E-state index contributed by atoms with van der Waals surface area (Å²) in [7, 11) is 0. The van der Waals surface area contributed by atoms with Crippen molar-refractivity contribution in [3.05, 3.63) is 34.9 Å². The molecule has 3 N–H and O–H groups in total. The number of nitrogens with one attached hydrogen (secondary N) is 1. The van der Waals surface area contributed by atoms with Crippen molar-refractivity contribution in [3.63, 3.8) is 0 Å². The molecular formula is C12H13ClN4OS2. The first-order chi connectivity index (χ1) is 9.54. The van der Waals surface area contributed by atoms with Crippen molar-refractivity contribution in [1.29, 1.82) is 0 Å². The second-order valence-electron chi connectivity index (χ2n) is 4.04. The van der Waals surface area contributed by atoms with Gasteiger partial charge in [-0.25, -0.2) is 0 Å². The number of thioether (sulfide) groups is 1. The van der Waals surface area contributed by atoms with E-state index in [1.165, 1.54) is 23.1 Å². The summed E-state index contributed by atoms with van der Waals surface area (Å²) in [4.78, 5) is 11.9. The summed E-state index contributed by atoms with van der Waals surface area (Å²) >= 11 is 8.51. The van der Waals surface area contributed by atoms with E-state index in [2.05, 4.69) is 15.5 Å². The van der Waals surface area contributed by atoms with E-state index < -0.39 is 0 Å². The highest BCUT2D eigenvalue weighted by Crippen LogP contribution is 2.23. The van der Waals surface area contributed by atoms with Crippen LogP contribution in [0.1, 0.15) is 18.5 Å². The van der Waals surface area contributed by atoms with Crippen molar-refractivity contribution < 1.29 is 4.79 Å². The average molecular weight is 329 g/mol. The molecule has 1 atom stereocenters. The van der Waals surface area contributed by atoms with Crippen LogP contribution in [0.3, 0.4) is 0 Å². The first kappa shape index (κ1) is 15.1. The molecule has 0 saturated carbocycles. The summed E-state index contributed by atoms with van der Waals surface area (Å²) in [6.45, 7) is 1.91. The molecule has 5 nitrogen and oxygen atoms in total. The highest BCUT2D eigenvalue weighted by Gasteiger charge is 2.11. The number of amides is 1. The number of nitrogen functional groups attached to an aromatic ring is 1. The lowest BCUT2D eigenvalue weighted by Gasteiger charge is -2.14. The van der Waals surface area contributed by atoms with E-state index in [0.29, 0.717) is 14.5 Å². The second-order valence-corrected chi connectivity index (χ2v) is 6.71. The monoisotopic (exact) mass is 328 g/mol. The Morgan fingerprint density at radius 3 is 3.00 bits per heavy atom. The van der Waals surface area contributed by atoms with Crippen molar-refractivity contribution in [2.24, 2.45) is 0 Å². The second kappa shape index (κ2) is 6.92. The van der Waals surface area contributed by atoms with Gasteiger partial charge in [-0.1, -0.05) is 46.8 Å². The summed E-state index contributed by atoms with van der Waals surface area (Å²) < 4.78 is 0.688. The van der Waals surface area contributed by atoms with Gasteiger partial charge in [-0.3, -0.25) is 4.79 Å². The van der Waals surface area contributed by atoms with Gasteiger partial charge in [-0.2, -0.15) is 0 Å². The van der Waals surface area contributed by atoms with Crippen molar-refractivity contribution >= 4 is 45.7 Å². The molecule has 0 aliphatic rings. The molecule has 0 spiro atoms. The maximum atomic E-state index is 11.9. The molecule has 106 valence electrons. The van der Waals surface area contributed by atoms with Crippen LogP contribution in [0.25, 0.3) is 0 Å². The Morgan fingerprint density at radius 1 is 1.55 bits per heavy atom. The molecule has 1 unspecified atom stereocenters. The molecule has 20 heavy (non-hydrogen) atoms. The Hall–Kier alpha value is -1.31. The number of nitrogens with two attached hydrogens (primary N) is 1. The van der Waals surface area contributed by atoms with Crippen LogP contribution in [-0.2, 0) is 4.79 Å². The van der Waals surface area contributed by atoms with Crippen molar-refractivity contribution in [2.45, 2.75) is 17.3 Å². The largest absolute Gasteiger partial charge is 0.374 e. The summed E-state index contributed by atoms with van der Waals surface area (Å²) in [6, 6.07) is 7.33. The number of benzene rings is 1. The zero-order valence-electron chi connectivity index (χ0n) is 10.7. The Morgan fingerprint density at radius 2 is 2.35 bits per heavy atom. The normalized spacial score (nSPS) is 12.1. The third kappa shape index (κ3) is 4.36. The maximum absolute atomic E-state index is 11.9. The van der Waals surface area contributed by atoms with E-state index in [-0.39, 0.29) is 17.7 Å². The highest BCUT2D eigenvalue weighted by atomic mass is 35.5. The van der Waals surface area contributed by atoms with Crippen molar-refractivity contribution in [3.8, 4) is 0 Å². The molecular weight excluding hydrogens is 316 g/mol. The topological polar surface area (TPSA) is 80.9 Å². The van der Waals surface area contributed by atoms with Gasteiger partial charge in [0, 0.05) is 5.02 Å². The van der Waals surface area contributed by atoms with Gasteiger partial charge in [0.1, 0.15) is 0 Å². The quantitative estimate of drug-likeness (QED) is 0.825. The smallest absolute Gasteiger partial charge is 0.230 e. The third-order valence-corrected chi connectivity index (χ3v) is 4.60. The van der Waals surface area contributed by atoms with Crippen LogP contribution in [0.5, 0.6) is 0 Å². The van der Waals surface area contributed by atoms with Gasteiger partial charge in [0.15, 0.2) is 4.34 Å². The summed E-state index contributed by atoms with van der Waals surface area (Å²) in [6.07, 6.45) is 0. The molecule has 1 amide bonds. The van der Waals surface area contributed by atoms with Crippen molar-refractivity contribution in [2.75, 3.05) is 11.5 Å². The Balaban J connectivity index is 1.85. The minimum Gasteiger partial charge on any atom is -0.374 e. The van der Waals surface area contributed by atoms with Crippen LogP contribution < -0.4 is 11.1 Å². The molecule has 0 aliphatic heterocycles. The number of nitrogens with zero attached hydrogens (tertiary/aromatic N) is 2. The third-order valence-electron chi connectivity index (χ3n) is 2.47. The summed E-state index contributed by atoms with van der Waals surface area (Å²) in [5.41, 5.74) is 6.44. The van der Waals surface area contributed by atoms with Crippen molar-refractivity contribution in [1.82, 2.24) is 15.5 Å². The molecule has 0 bridgehead atoms. The zero-order valence-corrected chi connectivity index (χ0v) is 13.1. The first-order valence-corrected chi connectivity index (χ1v) is 7.99. The SMILES string of the molecule is CC(NC(=O)CSc1nnc(N)s1)c1cccc(Cl)c1. The number of hydrogen-bond acceptors (Lipinski definition) is 6. The fourth-order valence-corrected chi connectivity index (χ4v) is 3.19. The number of halogens is 1. The number of carbonyl (C=O) groups excluding carboxylic acids is 1. The van der Waals surface area contributed by atoms with Gasteiger partial charge in [0.05, 0.1) is 11.8 Å². The minimum absolute atomic E-state index is 0.0729. The predicted octanol–water partition coefficient (Wildman–Crippen LogP) is 2.74. The van der Waals surface area contributed by atoms with Crippen LogP contribution in [0.2, 0.25) is 5.02 Å². The predicted molar refractivity (Wildman–Crippen MR) is 83.1 cm³/mol. The van der Waals surface area contributed by atoms with E-state index in [0.717, 1.165) is 5.56 Å². The molecule has 8 heteroatoms. The lowest BCUT2D eigenvalue weighted by molar-refractivity contribution is -0.119. The van der Waals surface area contributed by atoms with Gasteiger partial charge in [0.25, 0.3) is 0 Å². The number of anilines is 1. The van der Waals surface area contributed by atoms with Crippen LogP contribution in [-0.4, -0.2) is 21.9 Å². The van der Waals surface area contributed by atoms with E-state index in [9.17, 15) is 4.79 Å². The fraction of sp³-hybridized carbons (Fsp3) is 0.250. The van der Waals surface area contributed by atoms with Gasteiger partial charge < -0.3 is 11.1 Å². The standard InChI is InChI=1S/C12H13ClN4OS2/c1-7(8-3-2-4-9(13)5-8)15-10(18)6-19-12-17-16-11(14)20-12/h2-5,7H,6H2,1H3,(H2,14,16)(H,15,18). The molecule has 1 heterocycles. The van der Waals surface area contributed by atoms with E-state index in [1.807, 2.05) is 25.1 Å². The fourth-order valence-electron chi connectivity index (χ4n) is 1.55. The van der Waals surface area contributed by atoms with E-state index in [1.54, 1.807) is 6.07 Å². The molecule has 2 rings (SSSR count). The van der Waals surface area contributed by atoms with Crippen LogP contribution >= 0.6 is 34.7 Å². The summed E-state index contributed by atoms with van der Waals surface area (Å²) in [5.74, 6) is 0.204. The molecule has 2 aromatic rings. The van der Waals surface area contributed by atoms with Gasteiger partial charge in [-0.05, 0) is 24.6 Å². The Kier molecular flexibility index (Phi) is 5.22. The zero-order chi connectivity index (χ0) is 14.5. The highest BCUT2D eigenvalue weighted by molar-refractivity contribution is 8.01. The van der Waals surface area contributed by atoms with Crippen LogP contribution in [0, 0.1) is 0 Å². The van der Waals surface area contributed by atoms with E-state index >= 15 is 0 Å². The minimum atomic E-state index is -0.0960. The molecule has 0 saturated heterocycles. The Bertz CT molecular complexity index is 605. The number of rotatable bonds is 5. The molecule has 1 aromatic carbocycles. The molecule has 0 radical (unpaired) electrons. The van der Waals surface area contributed by atoms with E-state index in [4.69, 9.17) is 17.3 Å². The maximum Gasteiger partial charge on any atom is 0.230 e. The number of aromatic nitrogens is 2. The van der Waals surface area contributed by atoms with Crippen LogP contribution in [0.4, 0.5) is 5.13 Å².